The lowest BCUT2D eigenvalue weighted by atomic mass is 10.2. The van der Waals surface area contributed by atoms with Crippen molar-refractivity contribution in [1.29, 1.82) is 0 Å². The van der Waals surface area contributed by atoms with Crippen molar-refractivity contribution in [2.45, 2.75) is 13.0 Å². The minimum absolute atomic E-state index is 0. The summed E-state index contributed by atoms with van der Waals surface area (Å²) in [6.07, 6.45) is 1.03. The van der Waals surface area contributed by atoms with E-state index >= 15 is 0 Å². The minimum atomic E-state index is 0. The second kappa shape index (κ2) is 11.7. The first kappa shape index (κ1) is 20.3. The largest absolute Gasteiger partial charge is 0.385 e. The van der Waals surface area contributed by atoms with Crippen LogP contribution < -0.4 is 10.6 Å². The van der Waals surface area contributed by atoms with Crippen LogP contribution in [-0.4, -0.2) is 38.0 Å². The Hall–Kier alpha value is -1.76. The summed E-state index contributed by atoms with van der Waals surface area (Å²) in [5, 5.41) is 6.82. The van der Waals surface area contributed by atoms with Crippen LogP contribution in [0.5, 0.6) is 0 Å². The molecule has 2 N–H and O–H groups in total. The Kier molecular flexibility index (Phi) is 9.91. The number of guanidine groups is 1. The zero-order valence-corrected chi connectivity index (χ0v) is 16.7. The van der Waals surface area contributed by atoms with Gasteiger partial charge in [0.05, 0.1) is 6.54 Å². The van der Waals surface area contributed by atoms with Crippen molar-refractivity contribution in [3.05, 3.63) is 66.2 Å². The van der Waals surface area contributed by atoms with Gasteiger partial charge in [-0.3, -0.25) is 0 Å². The molecule has 5 heteroatoms. The molecule has 0 radical (unpaired) electrons. The highest BCUT2D eigenvalue weighted by Crippen LogP contribution is 2.04. The number of para-hydroxylation sites is 1. The molecule has 0 aliphatic heterocycles. The molecule has 0 aliphatic carbocycles. The summed E-state index contributed by atoms with van der Waals surface area (Å²) in [5.41, 5.74) is 2.39. The van der Waals surface area contributed by atoms with Crippen molar-refractivity contribution in [1.82, 2.24) is 10.2 Å². The molecule has 2 aromatic carbocycles. The quantitative estimate of drug-likeness (QED) is 0.299. The minimum Gasteiger partial charge on any atom is -0.385 e. The first-order valence-corrected chi connectivity index (χ1v) is 8.04. The maximum atomic E-state index is 4.66. The zero-order valence-electron chi connectivity index (χ0n) is 14.4. The van der Waals surface area contributed by atoms with Gasteiger partial charge in [0.25, 0.3) is 0 Å². The molecule has 0 atom stereocenters. The smallest absolute Gasteiger partial charge is 0.193 e. The Labute approximate surface area is 162 Å². The lowest BCUT2D eigenvalue weighted by molar-refractivity contribution is 0.576. The number of hydrogen-bond acceptors (Lipinski definition) is 2. The summed E-state index contributed by atoms with van der Waals surface area (Å²) in [7, 11) is 4.03. The van der Waals surface area contributed by atoms with Crippen LogP contribution in [0.3, 0.4) is 0 Å². The molecule has 2 rings (SSSR count). The van der Waals surface area contributed by atoms with Crippen LogP contribution in [-0.2, 0) is 6.54 Å². The third-order valence-corrected chi connectivity index (χ3v) is 3.42. The van der Waals surface area contributed by atoms with Gasteiger partial charge in [0.1, 0.15) is 0 Å². The summed E-state index contributed by atoms with van der Waals surface area (Å²) >= 11 is 0. The normalized spacial score (nSPS) is 10.7. The average Bonchev–Trinajstić information content (AvgIpc) is 2.59. The van der Waals surface area contributed by atoms with Crippen molar-refractivity contribution in [3.63, 3.8) is 0 Å². The summed E-state index contributed by atoms with van der Waals surface area (Å²) in [6, 6.07) is 20.6. The Balaban J connectivity index is 0.00000288. The van der Waals surface area contributed by atoms with Crippen molar-refractivity contribution in [2.75, 3.05) is 32.5 Å². The van der Waals surface area contributed by atoms with Gasteiger partial charge in [-0.25, -0.2) is 4.99 Å². The fourth-order valence-corrected chi connectivity index (χ4v) is 2.18. The number of anilines is 1. The van der Waals surface area contributed by atoms with E-state index in [9.17, 15) is 0 Å². The SMILES string of the molecule is CN(C)C(=NCc1ccccc1)NCCCNc1ccccc1.I. The maximum Gasteiger partial charge on any atom is 0.193 e. The molecule has 0 amide bonds. The molecular weight excluding hydrogens is 411 g/mol. The van der Waals surface area contributed by atoms with Gasteiger partial charge >= 0.3 is 0 Å². The number of hydrogen-bond donors (Lipinski definition) is 2. The molecule has 2 aromatic rings. The Morgan fingerprint density at radius 2 is 1.54 bits per heavy atom. The lowest BCUT2D eigenvalue weighted by Gasteiger charge is -2.18. The molecular formula is C19H27IN4. The van der Waals surface area contributed by atoms with Crippen LogP contribution >= 0.6 is 24.0 Å². The first-order valence-electron chi connectivity index (χ1n) is 8.04. The molecule has 0 aromatic heterocycles. The fraction of sp³-hybridized carbons (Fsp3) is 0.316. The Morgan fingerprint density at radius 1 is 0.917 bits per heavy atom. The summed E-state index contributed by atoms with van der Waals surface area (Å²) < 4.78 is 0. The molecule has 130 valence electrons. The van der Waals surface area contributed by atoms with Gasteiger partial charge < -0.3 is 15.5 Å². The number of nitrogens with zero attached hydrogens (tertiary/aromatic N) is 2. The molecule has 0 spiro atoms. The van der Waals surface area contributed by atoms with Crippen molar-refractivity contribution in [2.24, 2.45) is 4.99 Å². The van der Waals surface area contributed by atoms with Crippen LogP contribution in [0.4, 0.5) is 5.69 Å². The zero-order chi connectivity index (χ0) is 16.3. The molecule has 4 nitrogen and oxygen atoms in total. The van der Waals surface area contributed by atoms with E-state index < -0.39 is 0 Å². The fourth-order valence-electron chi connectivity index (χ4n) is 2.18. The highest BCUT2D eigenvalue weighted by atomic mass is 127. The van der Waals surface area contributed by atoms with E-state index in [1.54, 1.807) is 0 Å². The summed E-state index contributed by atoms with van der Waals surface area (Å²) in [6.45, 7) is 2.53. The van der Waals surface area contributed by atoms with E-state index in [-0.39, 0.29) is 24.0 Å². The van der Waals surface area contributed by atoms with Crippen molar-refractivity contribution in [3.8, 4) is 0 Å². The van der Waals surface area contributed by atoms with Crippen LogP contribution in [0, 0.1) is 0 Å². The second-order valence-electron chi connectivity index (χ2n) is 5.59. The highest BCUT2D eigenvalue weighted by molar-refractivity contribution is 14.0. The standard InChI is InChI=1S/C19H26N4.HI/c1-23(2)19(22-16-17-10-5-3-6-11-17)21-15-9-14-20-18-12-7-4-8-13-18;/h3-8,10-13,20H,9,14-16H2,1-2H3,(H,21,22);1H. The van der Waals surface area contributed by atoms with Crippen LogP contribution in [0.2, 0.25) is 0 Å². The average molecular weight is 438 g/mol. The van der Waals surface area contributed by atoms with Crippen molar-refractivity contribution >= 4 is 35.6 Å². The topological polar surface area (TPSA) is 39.7 Å². The number of aliphatic imine (C=N–C) groups is 1. The van der Waals surface area contributed by atoms with Crippen molar-refractivity contribution < 1.29 is 0 Å². The van der Waals surface area contributed by atoms with E-state index in [2.05, 4.69) is 39.9 Å². The lowest BCUT2D eigenvalue weighted by Crippen LogP contribution is -2.37. The van der Waals surface area contributed by atoms with Crippen LogP contribution in [0.1, 0.15) is 12.0 Å². The molecule has 24 heavy (non-hydrogen) atoms. The van der Waals surface area contributed by atoms with E-state index in [0.717, 1.165) is 31.2 Å². The van der Waals surface area contributed by atoms with Gasteiger partial charge in [0.15, 0.2) is 5.96 Å². The van der Waals surface area contributed by atoms with Crippen LogP contribution in [0.25, 0.3) is 0 Å². The van der Waals surface area contributed by atoms with Gasteiger partial charge in [-0.1, -0.05) is 48.5 Å². The Bertz CT molecular complexity index is 585. The van der Waals surface area contributed by atoms with Gasteiger partial charge in [0, 0.05) is 32.9 Å². The maximum absolute atomic E-state index is 4.66. The number of rotatable bonds is 7. The number of halogens is 1. The summed E-state index contributed by atoms with van der Waals surface area (Å²) in [5.74, 6) is 0.925. The monoisotopic (exact) mass is 438 g/mol. The second-order valence-corrected chi connectivity index (χ2v) is 5.59. The van der Waals surface area contributed by atoms with Gasteiger partial charge in [0.2, 0.25) is 0 Å². The Morgan fingerprint density at radius 3 is 2.17 bits per heavy atom. The molecule has 0 aliphatic rings. The molecule has 0 unspecified atom stereocenters. The third kappa shape index (κ3) is 7.68. The van der Waals surface area contributed by atoms with Gasteiger partial charge in [-0.2, -0.15) is 0 Å². The number of benzene rings is 2. The van der Waals surface area contributed by atoms with Gasteiger partial charge in [-0.15, -0.1) is 24.0 Å². The van der Waals surface area contributed by atoms with Gasteiger partial charge in [-0.05, 0) is 24.1 Å². The van der Waals surface area contributed by atoms with E-state index in [0.29, 0.717) is 6.54 Å². The van der Waals surface area contributed by atoms with Crippen LogP contribution in [0.15, 0.2) is 65.7 Å². The molecule has 0 saturated carbocycles. The summed E-state index contributed by atoms with van der Waals surface area (Å²) in [4.78, 5) is 6.68. The third-order valence-electron chi connectivity index (χ3n) is 3.42. The molecule has 0 fully saturated rings. The predicted molar refractivity (Wildman–Crippen MR) is 114 cm³/mol. The highest BCUT2D eigenvalue weighted by Gasteiger charge is 2.01. The van der Waals surface area contributed by atoms with E-state index in [4.69, 9.17) is 0 Å². The first-order chi connectivity index (χ1) is 11.3. The van der Waals surface area contributed by atoms with E-state index in [1.807, 2.05) is 55.4 Å². The molecule has 0 heterocycles. The van der Waals surface area contributed by atoms with E-state index in [1.165, 1.54) is 5.56 Å². The molecule has 0 bridgehead atoms. The molecule has 0 saturated heterocycles. The predicted octanol–water partition coefficient (Wildman–Crippen LogP) is 3.81. The number of nitrogens with one attached hydrogen (secondary N) is 2.